The second kappa shape index (κ2) is 5.13. The number of carboxylic acids is 1. The molecule has 0 saturated carbocycles. The first-order valence-electron chi connectivity index (χ1n) is 6.46. The molecule has 0 aliphatic carbocycles. The summed E-state index contributed by atoms with van der Waals surface area (Å²) in [4.78, 5) is 10.7. The first kappa shape index (κ1) is 14.7. The van der Waals surface area contributed by atoms with E-state index in [0.29, 0.717) is 6.42 Å². The van der Waals surface area contributed by atoms with Crippen LogP contribution in [0.1, 0.15) is 58.6 Å². The van der Waals surface area contributed by atoms with Crippen LogP contribution in [0.4, 0.5) is 0 Å². The fraction of sp³-hybridized carbons (Fsp3) is 0.562. The average molecular weight is 248 g/mol. The first-order chi connectivity index (χ1) is 8.13. The molecule has 100 valence electrons. The zero-order valence-electron chi connectivity index (χ0n) is 12.1. The molecule has 0 spiro atoms. The lowest BCUT2D eigenvalue weighted by atomic mass is 9.78. The highest BCUT2D eigenvalue weighted by Crippen LogP contribution is 2.30. The zero-order valence-corrected chi connectivity index (χ0v) is 12.1. The average Bonchev–Trinajstić information content (AvgIpc) is 2.26. The Morgan fingerprint density at radius 1 is 1.00 bits per heavy atom. The van der Waals surface area contributed by atoms with Crippen LogP contribution in [-0.4, -0.2) is 11.1 Å². The summed E-state index contributed by atoms with van der Waals surface area (Å²) in [6.45, 7) is 10.8. The Balaban J connectivity index is 2.87. The van der Waals surface area contributed by atoms with Crippen LogP contribution in [0.2, 0.25) is 0 Å². The molecule has 0 atom stereocenters. The van der Waals surface area contributed by atoms with Crippen molar-refractivity contribution < 1.29 is 9.90 Å². The van der Waals surface area contributed by atoms with Gasteiger partial charge in [-0.15, -0.1) is 0 Å². The highest BCUT2D eigenvalue weighted by atomic mass is 16.4. The van der Waals surface area contributed by atoms with Gasteiger partial charge >= 0.3 is 5.97 Å². The molecule has 2 nitrogen and oxygen atoms in total. The molecule has 0 bridgehead atoms. The van der Waals surface area contributed by atoms with Gasteiger partial charge in [0.15, 0.2) is 0 Å². The van der Waals surface area contributed by atoms with Gasteiger partial charge in [-0.3, -0.25) is 4.79 Å². The van der Waals surface area contributed by atoms with Gasteiger partial charge in [0.2, 0.25) is 0 Å². The first-order valence-corrected chi connectivity index (χ1v) is 6.46. The van der Waals surface area contributed by atoms with E-state index in [1.807, 2.05) is 0 Å². The minimum Gasteiger partial charge on any atom is -0.481 e. The molecule has 1 N–H and O–H groups in total. The normalized spacial score (nSPS) is 12.5. The van der Waals surface area contributed by atoms with E-state index in [2.05, 4.69) is 58.9 Å². The zero-order chi connectivity index (χ0) is 14.0. The summed E-state index contributed by atoms with van der Waals surface area (Å²) in [7, 11) is 0. The van der Waals surface area contributed by atoms with Crippen molar-refractivity contribution in [3.63, 3.8) is 0 Å². The highest BCUT2D eigenvalue weighted by molar-refractivity contribution is 5.66. The van der Waals surface area contributed by atoms with Gasteiger partial charge in [0.05, 0.1) is 0 Å². The van der Waals surface area contributed by atoms with E-state index >= 15 is 0 Å². The minimum absolute atomic E-state index is 0.0885. The number of hydrogen-bond donors (Lipinski definition) is 1. The number of aliphatic carboxylic acids is 1. The van der Waals surface area contributed by atoms with E-state index in [9.17, 15) is 4.79 Å². The predicted molar refractivity (Wildman–Crippen MR) is 75.0 cm³/mol. The van der Waals surface area contributed by atoms with Gasteiger partial charge in [-0.2, -0.15) is 0 Å². The Morgan fingerprint density at radius 3 is 1.83 bits per heavy atom. The van der Waals surface area contributed by atoms with Crippen molar-refractivity contribution in [1.82, 2.24) is 0 Å². The third kappa shape index (κ3) is 3.86. The maximum absolute atomic E-state index is 10.7. The topological polar surface area (TPSA) is 37.3 Å². The predicted octanol–water partition coefficient (Wildman–Crippen LogP) is 4.13. The van der Waals surface area contributed by atoms with Crippen LogP contribution in [-0.2, 0) is 15.6 Å². The molecular weight excluding hydrogens is 224 g/mol. The molecule has 0 amide bonds. The Bertz CT molecular complexity index is 408. The van der Waals surface area contributed by atoms with Gasteiger partial charge in [-0.25, -0.2) is 0 Å². The fourth-order valence-corrected chi connectivity index (χ4v) is 1.99. The molecule has 2 heteroatoms. The fourth-order valence-electron chi connectivity index (χ4n) is 1.99. The van der Waals surface area contributed by atoms with E-state index in [1.54, 1.807) is 0 Å². The van der Waals surface area contributed by atoms with Gasteiger partial charge < -0.3 is 5.11 Å². The molecule has 0 aromatic heterocycles. The van der Waals surface area contributed by atoms with Gasteiger partial charge in [-0.05, 0) is 28.4 Å². The van der Waals surface area contributed by atoms with Crippen molar-refractivity contribution >= 4 is 5.97 Å². The third-order valence-electron chi connectivity index (χ3n) is 3.50. The van der Waals surface area contributed by atoms with E-state index in [1.165, 1.54) is 11.1 Å². The molecule has 0 saturated heterocycles. The summed E-state index contributed by atoms with van der Waals surface area (Å²) in [5.41, 5.74) is 2.58. The number of hydrogen-bond acceptors (Lipinski definition) is 1. The van der Waals surface area contributed by atoms with Crippen LogP contribution in [0.3, 0.4) is 0 Å². The molecule has 0 aliphatic heterocycles. The van der Waals surface area contributed by atoms with Crippen LogP contribution in [0, 0.1) is 0 Å². The van der Waals surface area contributed by atoms with E-state index in [4.69, 9.17) is 5.11 Å². The second-order valence-corrected chi connectivity index (χ2v) is 6.60. The Kier molecular flexibility index (Phi) is 4.20. The van der Waals surface area contributed by atoms with Gasteiger partial charge in [0.1, 0.15) is 0 Å². The van der Waals surface area contributed by atoms with E-state index in [-0.39, 0.29) is 17.3 Å². The molecule has 1 aromatic rings. The van der Waals surface area contributed by atoms with Gasteiger partial charge in [0, 0.05) is 6.42 Å². The summed E-state index contributed by atoms with van der Waals surface area (Å²) >= 11 is 0. The van der Waals surface area contributed by atoms with Crippen LogP contribution < -0.4 is 0 Å². The summed E-state index contributed by atoms with van der Waals surface area (Å²) in [6.07, 6.45) is 0.880. The van der Waals surface area contributed by atoms with E-state index < -0.39 is 5.97 Å². The molecule has 0 aliphatic rings. The van der Waals surface area contributed by atoms with Crippen molar-refractivity contribution in [3.05, 3.63) is 35.4 Å². The summed E-state index contributed by atoms with van der Waals surface area (Å²) in [5.74, 6) is -0.727. The largest absolute Gasteiger partial charge is 0.481 e. The summed E-state index contributed by atoms with van der Waals surface area (Å²) < 4.78 is 0. The highest BCUT2D eigenvalue weighted by Gasteiger charge is 2.22. The summed E-state index contributed by atoms with van der Waals surface area (Å²) in [5, 5.41) is 8.77. The molecular formula is C16H24O2. The lowest BCUT2D eigenvalue weighted by Gasteiger charge is -2.26. The number of carboxylic acid groups (broad SMARTS) is 1. The standard InChI is InChI=1S/C16H24O2/c1-15(2,3)12-6-8-13(9-7-12)16(4,5)11-10-14(17)18/h6-9H,10-11H2,1-5H3,(H,17,18). The van der Waals surface area contributed by atoms with Gasteiger partial charge in [0.25, 0.3) is 0 Å². The van der Waals surface area contributed by atoms with Crippen molar-refractivity contribution in [1.29, 1.82) is 0 Å². The molecule has 0 radical (unpaired) electrons. The lowest BCUT2D eigenvalue weighted by molar-refractivity contribution is -0.137. The van der Waals surface area contributed by atoms with Crippen LogP contribution in [0.5, 0.6) is 0 Å². The second-order valence-electron chi connectivity index (χ2n) is 6.60. The molecule has 1 aromatic carbocycles. The van der Waals surface area contributed by atoms with Crippen molar-refractivity contribution in [3.8, 4) is 0 Å². The summed E-state index contributed by atoms with van der Waals surface area (Å²) in [6, 6.07) is 8.56. The number of carbonyl (C=O) groups is 1. The molecule has 0 fully saturated rings. The van der Waals surface area contributed by atoms with Crippen molar-refractivity contribution in [2.75, 3.05) is 0 Å². The lowest BCUT2D eigenvalue weighted by Crippen LogP contribution is -2.19. The molecule has 0 heterocycles. The quantitative estimate of drug-likeness (QED) is 0.870. The smallest absolute Gasteiger partial charge is 0.303 e. The van der Waals surface area contributed by atoms with Gasteiger partial charge in [-0.1, -0.05) is 58.9 Å². The molecule has 18 heavy (non-hydrogen) atoms. The third-order valence-corrected chi connectivity index (χ3v) is 3.50. The van der Waals surface area contributed by atoms with Crippen LogP contribution in [0.25, 0.3) is 0 Å². The van der Waals surface area contributed by atoms with Crippen molar-refractivity contribution in [2.45, 2.75) is 58.3 Å². The maximum atomic E-state index is 10.7. The van der Waals surface area contributed by atoms with Crippen molar-refractivity contribution in [2.24, 2.45) is 0 Å². The number of benzene rings is 1. The van der Waals surface area contributed by atoms with E-state index in [0.717, 1.165) is 0 Å². The SMILES string of the molecule is CC(C)(C)c1ccc(C(C)(C)CCC(=O)O)cc1. The minimum atomic E-state index is -0.727. The Hall–Kier alpha value is -1.31. The maximum Gasteiger partial charge on any atom is 0.303 e. The van der Waals surface area contributed by atoms with Crippen LogP contribution >= 0.6 is 0 Å². The Morgan fingerprint density at radius 2 is 1.44 bits per heavy atom. The Labute approximate surface area is 110 Å². The molecule has 1 rings (SSSR count). The number of rotatable bonds is 4. The monoisotopic (exact) mass is 248 g/mol. The van der Waals surface area contributed by atoms with Crippen LogP contribution in [0.15, 0.2) is 24.3 Å². The molecule has 0 unspecified atom stereocenters.